The average Bonchev–Trinajstić information content (AvgIpc) is 3.06. The zero-order chi connectivity index (χ0) is 15.0. The van der Waals surface area contributed by atoms with Gasteiger partial charge in [-0.2, -0.15) is 0 Å². The van der Waals surface area contributed by atoms with Gasteiger partial charge in [0.25, 0.3) is 0 Å². The Hall–Kier alpha value is -1.54. The Labute approximate surface area is 136 Å². The summed E-state index contributed by atoms with van der Waals surface area (Å²) in [6.07, 6.45) is 1.78. The fourth-order valence-corrected chi connectivity index (χ4v) is 2.95. The van der Waals surface area contributed by atoms with Gasteiger partial charge in [0, 0.05) is 12.7 Å². The molecule has 21 heavy (non-hydrogen) atoms. The van der Waals surface area contributed by atoms with Crippen LogP contribution in [0, 0.1) is 4.64 Å². The molecule has 2 aromatic rings. The molecule has 3 rings (SSSR count). The fraction of sp³-hybridized carbons (Fsp3) is 0.167. The van der Waals surface area contributed by atoms with Crippen molar-refractivity contribution in [1.82, 2.24) is 25.9 Å². The number of halogens is 2. The third kappa shape index (κ3) is 2.42. The molecular formula is C12H12Cl2N6S. The summed E-state index contributed by atoms with van der Waals surface area (Å²) < 4.78 is 2.22. The van der Waals surface area contributed by atoms with Crippen LogP contribution < -0.4 is 11.1 Å². The molecule has 0 bridgehead atoms. The zero-order valence-corrected chi connectivity index (χ0v) is 13.4. The van der Waals surface area contributed by atoms with E-state index in [0.717, 1.165) is 12.1 Å². The Bertz CT molecular complexity index is 745. The van der Waals surface area contributed by atoms with Gasteiger partial charge in [-0.15, -0.1) is 10.6 Å². The van der Waals surface area contributed by atoms with E-state index in [1.807, 2.05) is 11.9 Å². The van der Waals surface area contributed by atoms with Gasteiger partial charge in [-0.1, -0.05) is 41.5 Å². The van der Waals surface area contributed by atoms with Crippen molar-refractivity contribution < 1.29 is 0 Å². The predicted octanol–water partition coefficient (Wildman–Crippen LogP) is 2.85. The van der Waals surface area contributed by atoms with Crippen molar-refractivity contribution in [2.45, 2.75) is 6.92 Å². The highest BCUT2D eigenvalue weighted by atomic mass is 35.5. The monoisotopic (exact) mass is 342 g/mol. The Morgan fingerprint density at radius 2 is 2.00 bits per heavy atom. The summed E-state index contributed by atoms with van der Waals surface area (Å²) in [6, 6.07) is 5.31. The molecule has 0 fully saturated rings. The van der Waals surface area contributed by atoms with Crippen LogP contribution >= 0.6 is 35.4 Å². The molecule has 1 aromatic heterocycles. The summed E-state index contributed by atoms with van der Waals surface area (Å²) in [6.45, 7) is 2.74. The molecule has 110 valence electrons. The molecule has 1 aromatic carbocycles. The van der Waals surface area contributed by atoms with Gasteiger partial charge in [0.15, 0.2) is 5.84 Å². The fourth-order valence-electron chi connectivity index (χ4n) is 2.08. The van der Waals surface area contributed by atoms with Gasteiger partial charge >= 0.3 is 0 Å². The molecule has 0 unspecified atom stereocenters. The number of nitrogens with one attached hydrogen (secondary N) is 3. The Kier molecular flexibility index (Phi) is 3.90. The summed E-state index contributed by atoms with van der Waals surface area (Å²) in [4.78, 5) is 0. The SMILES string of the molecule is CCN1NNN=C1c1c[nH]n(-c2c(Cl)cccc2Cl)c1=S. The van der Waals surface area contributed by atoms with E-state index in [-0.39, 0.29) is 0 Å². The van der Waals surface area contributed by atoms with Crippen LogP contribution in [0.25, 0.3) is 5.69 Å². The van der Waals surface area contributed by atoms with Crippen molar-refractivity contribution >= 4 is 41.3 Å². The summed E-state index contributed by atoms with van der Waals surface area (Å²) in [5, 5.41) is 10.1. The number of hydrogen-bond acceptors (Lipinski definition) is 5. The molecule has 3 N–H and O–H groups in total. The number of rotatable bonds is 3. The number of benzene rings is 1. The van der Waals surface area contributed by atoms with E-state index in [1.165, 1.54) is 0 Å². The lowest BCUT2D eigenvalue weighted by Gasteiger charge is -2.15. The number of aromatic nitrogens is 2. The lowest BCUT2D eigenvalue weighted by molar-refractivity contribution is 0.308. The van der Waals surface area contributed by atoms with E-state index in [9.17, 15) is 0 Å². The number of para-hydroxylation sites is 1. The number of hydrazine groups is 2. The van der Waals surface area contributed by atoms with Crippen molar-refractivity contribution in [1.29, 1.82) is 0 Å². The van der Waals surface area contributed by atoms with E-state index in [1.54, 1.807) is 29.1 Å². The lowest BCUT2D eigenvalue weighted by Crippen LogP contribution is -2.40. The maximum atomic E-state index is 6.22. The lowest BCUT2D eigenvalue weighted by atomic mass is 10.3. The number of H-pyrrole nitrogens is 1. The second-order valence-corrected chi connectivity index (χ2v) is 5.50. The van der Waals surface area contributed by atoms with Crippen LogP contribution in [-0.4, -0.2) is 27.2 Å². The van der Waals surface area contributed by atoms with E-state index in [0.29, 0.717) is 26.2 Å². The molecule has 0 saturated heterocycles. The Balaban J connectivity index is 2.11. The molecule has 2 heterocycles. The van der Waals surface area contributed by atoms with Crippen molar-refractivity contribution in [3.63, 3.8) is 0 Å². The number of nitrogens with zero attached hydrogens (tertiary/aromatic N) is 3. The molecule has 1 aliphatic heterocycles. The van der Waals surface area contributed by atoms with E-state index in [4.69, 9.17) is 35.4 Å². The van der Waals surface area contributed by atoms with Gasteiger partial charge in [0.1, 0.15) is 10.3 Å². The summed E-state index contributed by atoms with van der Waals surface area (Å²) >= 11 is 18.0. The van der Waals surface area contributed by atoms with Crippen molar-refractivity contribution in [3.8, 4) is 5.69 Å². The first kappa shape index (κ1) is 14.4. The van der Waals surface area contributed by atoms with Crippen LogP contribution in [0.3, 0.4) is 0 Å². The first-order chi connectivity index (χ1) is 10.1. The maximum absolute atomic E-state index is 6.22. The van der Waals surface area contributed by atoms with Gasteiger partial charge in [-0.25, -0.2) is 10.2 Å². The van der Waals surface area contributed by atoms with Gasteiger partial charge in [-0.05, 0) is 19.1 Å². The van der Waals surface area contributed by atoms with Gasteiger partial charge in [-0.3, -0.25) is 10.1 Å². The van der Waals surface area contributed by atoms with Gasteiger partial charge < -0.3 is 0 Å². The van der Waals surface area contributed by atoms with E-state index < -0.39 is 0 Å². The first-order valence-corrected chi connectivity index (χ1v) is 7.41. The molecule has 0 aliphatic carbocycles. The highest BCUT2D eigenvalue weighted by Gasteiger charge is 2.21. The second kappa shape index (κ2) is 5.69. The standard InChI is InChI=1S/C12H12Cl2N6S/c1-2-19-11(16-17-18-19)7-6-15-20(12(7)21)10-8(13)4-3-5-9(10)14/h3-6,15,17-18H,2H2,1H3. The largest absolute Gasteiger partial charge is 0.299 e. The molecule has 6 nitrogen and oxygen atoms in total. The number of hydrazone groups is 1. The molecule has 0 spiro atoms. The van der Waals surface area contributed by atoms with Crippen LogP contribution in [-0.2, 0) is 0 Å². The molecule has 0 saturated carbocycles. The van der Waals surface area contributed by atoms with Crippen LogP contribution in [0.2, 0.25) is 10.0 Å². The smallest absolute Gasteiger partial charge is 0.177 e. The van der Waals surface area contributed by atoms with E-state index in [2.05, 4.69) is 21.3 Å². The average molecular weight is 343 g/mol. The predicted molar refractivity (Wildman–Crippen MR) is 86.2 cm³/mol. The third-order valence-electron chi connectivity index (χ3n) is 3.09. The highest BCUT2D eigenvalue weighted by molar-refractivity contribution is 7.71. The van der Waals surface area contributed by atoms with Crippen LogP contribution in [0.15, 0.2) is 29.5 Å². The van der Waals surface area contributed by atoms with E-state index >= 15 is 0 Å². The Morgan fingerprint density at radius 3 is 2.67 bits per heavy atom. The number of hydrogen-bond donors (Lipinski definition) is 3. The van der Waals surface area contributed by atoms with Crippen molar-refractivity contribution in [2.24, 2.45) is 5.10 Å². The summed E-state index contributed by atoms with van der Waals surface area (Å²) in [7, 11) is 0. The first-order valence-electron chi connectivity index (χ1n) is 6.24. The molecule has 0 amide bonds. The number of amidine groups is 1. The summed E-state index contributed by atoms with van der Waals surface area (Å²) in [5.74, 6) is 0.709. The maximum Gasteiger partial charge on any atom is 0.177 e. The third-order valence-corrected chi connectivity index (χ3v) is 4.10. The van der Waals surface area contributed by atoms with Gasteiger partial charge in [0.05, 0.1) is 15.6 Å². The minimum absolute atomic E-state index is 0.518. The van der Waals surface area contributed by atoms with Crippen LogP contribution in [0.5, 0.6) is 0 Å². The minimum Gasteiger partial charge on any atom is -0.299 e. The van der Waals surface area contributed by atoms with Gasteiger partial charge in [0.2, 0.25) is 0 Å². The zero-order valence-electron chi connectivity index (χ0n) is 11.0. The molecule has 9 heteroatoms. The quantitative estimate of drug-likeness (QED) is 0.750. The molecule has 1 aliphatic rings. The highest BCUT2D eigenvalue weighted by Crippen LogP contribution is 2.28. The van der Waals surface area contributed by atoms with Crippen LogP contribution in [0.4, 0.5) is 0 Å². The second-order valence-electron chi connectivity index (χ2n) is 4.30. The van der Waals surface area contributed by atoms with Crippen LogP contribution in [0.1, 0.15) is 12.5 Å². The van der Waals surface area contributed by atoms with Crippen molar-refractivity contribution in [2.75, 3.05) is 6.54 Å². The molecular weight excluding hydrogens is 331 g/mol. The normalized spacial score (nSPS) is 14.2. The van der Waals surface area contributed by atoms with Crippen molar-refractivity contribution in [3.05, 3.63) is 44.6 Å². The Morgan fingerprint density at radius 1 is 1.29 bits per heavy atom. The molecule has 0 radical (unpaired) electrons. The minimum atomic E-state index is 0.518. The number of aromatic amines is 1. The topological polar surface area (TPSA) is 60.4 Å². The summed E-state index contributed by atoms with van der Waals surface area (Å²) in [5.41, 5.74) is 7.03. The molecule has 0 atom stereocenters.